The molecule has 1 saturated heterocycles. The third-order valence-corrected chi connectivity index (χ3v) is 4.16. The summed E-state index contributed by atoms with van der Waals surface area (Å²) in [5, 5.41) is 0. The van der Waals surface area contributed by atoms with Crippen molar-refractivity contribution in [1.29, 1.82) is 0 Å². The smallest absolute Gasteiger partial charge is 0.336 e. The second-order valence-electron chi connectivity index (χ2n) is 4.58. The van der Waals surface area contributed by atoms with E-state index in [0.717, 1.165) is 0 Å². The van der Waals surface area contributed by atoms with E-state index in [1.807, 2.05) is 0 Å². The number of esters is 1. The van der Waals surface area contributed by atoms with E-state index in [9.17, 15) is 13.2 Å². The lowest BCUT2D eigenvalue weighted by atomic mass is 10.0. The van der Waals surface area contributed by atoms with Gasteiger partial charge in [0.15, 0.2) is 0 Å². The van der Waals surface area contributed by atoms with Crippen molar-refractivity contribution in [3.05, 3.63) is 35.9 Å². The van der Waals surface area contributed by atoms with Crippen molar-refractivity contribution < 1.29 is 22.1 Å². The van der Waals surface area contributed by atoms with Gasteiger partial charge in [-0.05, 0) is 5.56 Å². The van der Waals surface area contributed by atoms with Crippen LogP contribution in [-0.2, 0) is 24.0 Å². The summed E-state index contributed by atoms with van der Waals surface area (Å²) in [6.45, 7) is -0.648. The van der Waals surface area contributed by atoms with E-state index in [1.165, 1.54) is 0 Å². The molecular formula is C12H12Cl3NO5S. The molecule has 2 atom stereocenters. The number of alkyl halides is 3. The lowest BCUT2D eigenvalue weighted by Gasteiger charge is -2.19. The second kappa shape index (κ2) is 6.90. The monoisotopic (exact) mass is 387 g/mol. The Hall–Kier alpha value is -0.570. The van der Waals surface area contributed by atoms with Crippen LogP contribution in [0.3, 0.4) is 0 Å². The van der Waals surface area contributed by atoms with Crippen molar-refractivity contribution in [2.24, 2.45) is 0 Å². The third kappa shape index (κ3) is 5.26. The molecule has 1 aliphatic rings. The minimum absolute atomic E-state index is 0.115. The number of nitrogens with one attached hydrogen (secondary N) is 1. The van der Waals surface area contributed by atoms with Gasteiger partial charge >= 0.3 is 16.3 Å². The van der Waals surface area contributed by atoms with Gasteiger partial charge in [-0.15, -0.1) is 0 Å². The zero-order valence-corrected chi connectivity index (χ0v) is 14.1. The van der Waals surface area contributed by atoms with Crippen molar-refractivity contribution >= 4 is 51.1 Å². The molecular weight excluding hydrogens is 377 g/mol. The molecule has 1 fully saturated rings. The summed E-state index contributed by atoms with van der Waals surface area (Å²) in [5.74, 6) is -0.511. The minimum Gasteiger partial charge on any atom is -0.456 e. The summed E-state index contributed by atoms with van der Waals surface area (Å²) < 4.78 is 33.8. The molecule has 1 aromatic carbocycles. The van der Waals surface area contributed by atoms with Crippen LogP contribution in [0.1, 0.15) is 18.1 Å². The highest BCUT2D eigenvalue weighted by molar-refractivity contribution is 7.84. The molecule has 0 amide bonds. The normalized spacial score (nSPS) is 22.6. The summed E-state index contributed by atoms with van der Waals surface area (Å²) >= 11 is 16.3. The van der Waals surface area contributed by atoms with Crippen molar-refractivity contribution in [3.63, 3.8) is 0 Å². The molecule has 1 N–H and O–H groups in total. The highest BCUT2D eigenvalue weighted by atomic mass is 35.6. The number of benzene rings is 1. The minimum atomic E-state index is -4.20. The largest absolute Gasteiger partial charge is 0.456 e. The fourth-order valence-electron chi connectivity index (χ4n) is 1.97. The van der Waals surface area contributed by atoms with E-state index in [-0.39, 0.29) is 6.42 Å². The van der Waals surface area contributed by atoms with Crippen molar-refractivity contribution in [2.75, 3.05) is 6.61 Å². The molecule has 122 valence electrons. The number of halogens is 3. The van der Waals surface area contributed by atoms with Crippen molar-refractivity contribution in [1.82, 2.24) is 4.72 Å². The van der Waals surface area contributed by atoms with E-state index in [2.05, 4.69) is 8.91 Å². The predicted octanol–water partition coefficient (Wildman–Crippen LogP) is 2.26. The molecule has 0 aromatic heterocycles. The standard InChI is InChI=1S/C12H12Cl3NO5S/c13-12(14,15)7-20-22(18,19)16-9-6-10(17)21-11(9)8-4-2-1-3-5-8/h1-5,9,11,16H,6-7H2. The maximum Gasteiger partial charge on any atom is 0.336 e. The molecule has 2 unspecified atom stereocenters. The molecule has 0 spiro atoms. The lowest BCUT2D eigenvalue weighted by molar-refractivity contribution is -0.141. The summed E-state index contributed by atoms with van der Waals surface area (Å²) in [4.78, 5) is 11.5. The zero-order chi connectivity index (χ0) is 16.4. The Morgan fingerprint density at radius 3 is 2.50 bits per heavy atom. The highest BCUT2D eigenvalue weighted by Crippen LogP contribution is 2.31. The van der Waals surface area contributed by atoms with Gasteiger partial charge < -0.3 is 4.74 Å². The maximum atomic E-state index is 11.8. The first-order valence-electron chi connectivity index (χ1n) is 6.14. The Labute approximate surface area is 142 Å². The number of cyclic esters (lactones) is 1. The van der Waals surface area contributed by atoms with Gasteiger partial charge in [0.05, 0.1) is 12.5 Å². The Kier molecular flexibility index (Phi) is 5.58. The van der Waals surface area contributed by atoms with Gasteiger partial charge in [0.25, 0.3) is 0 Å². The molecule has 2 rings (SSSR count). The van der Waals surface area contributed by atoms with Gasteiger partial charge in [-0.1, -0.05) is 65.1 Å². The van der Waals surface area contributed by atoms with Crippen LogP contribution in [-0.4, -0.2) is 30.8 Å². The van der Waals surface area contributed by atoms with Gasteiger partial charge in [-0.3, -0.25) is 8.98 Å². The van der Waals surface area contributed by atoms with Gasteiger partial charge in [-0.25, -0.2) is 0 Å². The number of rotatable bonds is 5. The van der Waals surface area contributed by atoms with Crippen LogP contribution in [0.25, 0.3) is 0 Å². The van der Waals surface area contributed by atoms with E-state index in [1.54, 1.807) is 30.3 Å². The number of carbonyl (C=O) groups excluding carboxylic acids is 1. The average molecular weight is 389 g/mol. The van der Waals surface area contributed by atoms with E-state index < -0.39 is 38.8 Å². The predicted molar refractivity (Wildman–Crippen MR) is 82.0 cm³/mol. The Bertz CT molecular complexity index is 632. The summed E-state index contributed by atoms with van der Waals surface area (Å²) in [5.41, 5.74) is 0.669. The summed E-state index contributed by atoms with van der Waals surface area (Å²) in [7, 11) is -4.20. The van der Waals surface area contributed by atoms with Gasteiger partial charge in [0.2, 0.25) is 3.79 Å². The van der Waals surface area contributed by atoms with Crippen molar-refractivity contribution in [3.8, 4) is 0 Å². The molecule has 0 bridgehead atoms. The Morgan fingerprint density at radius 1 is 1.27 bits per heavy atom. The first-order chi connectivity index (χ1) is 10.2. The lowest BCUT2D eigenvalue weighted by Crippen LogP contribution is -2.39. The number of hydrogen-bond donors (Lipinski definition) is 1. The van der Waals surface area contributed by atoms with Gasteiger partial charge in [0, 0.05) is 0 Å². The number of hydrogen-bond acceptors (Lipinski definition) is 5. The quantitative estimate of drug-likeness (QED) is 0.618. The maximum absolute atomic E-state index is 11.8. The fraction of sp³-hybridized carbons (Fsp3) is 0.417. The van der Waals surface area contributed by atoms with Gasteiger partial charge in [-0.2, -0.15) is 13.1 Å². The first-order valence-corrected chi connectivity index (χ1v) is 8.68. The molecule has 1 heterocycles. The first kappa shape index (κ1) is 17.8. The van der Waals surface area contributed by atoms with Crippen molar-refractivity contribution in [2.45, 2.75) is 22.4 Å². The number of carbonyl (C=O) groups is 1. The molecule has 0 radical (unpaired) electrons. The summed E-state index contributed by atoms with van der Waals surface area (Å²) in [6, 6.07) is 7.97. The highest BCUT2D eigenvalue weighted by Gasteiger charge is 2.39. The van der Waals surface area contributed by atoms with E-state index in [4.69, 9.17) is 39.5 Å². The van der Waals surface area contributed by atoms with Crippen LogP contribution in [0.15, 0.2) is 30.3 Å². The SMILES string of the molecule is O=C1CC(NS(=O)(=O)OCC(Cl)(Cl)Cl)C(c2ccccc2)O1. The average Bonchev–Trinajstić information content (AvgIpc) is 2.77. The molecule has 6 nitrogen and oxygen atoms in total. The molecule has 0 aliphatic carbocycles. The summed E-state index contributed by atoms with van der Waals surface area (Å²) in [6.07, 6.45) is -0.851. The zero-order valence-electron chi connectivity index (χ0n) is 11.0. The fourth-order valence-corrected chi connectivity index (χ4v) is 3.30. The molecule has 1 aromatic rings. The van der Waals surface area contributed by atoms with Crippen LogP contribution < -0.4 is 4.72 Å². The van der Waals surface area contributed by atoms with Crippen LogP contribution in [0, 0.1) is 0 Å². The third-order valence-electron chi connectivity index (χ3n) is 2.81. The Balaban J connectivity index is 2.08. The number of ether oxygens (including phenoxy) is 1. The molecule has 10 heteroatoms. The van der Waals surface area contributed by atoms with Crippen LogP contribution in [0.2, 0.25) is 0 Å². The van der Waals surface area contributed by atoms with Crippen LogP contribution in [0.5, 0.6) is 0 Å². The molecule has 0 saturated carbocycles. The molecule has 22 heavy (non-hydrogen) atoms. The van der Waals surface area contributed by atoms with Crippen LogP contribution in [0.4, 0.5) is 0 Å². The van der Waals surface area contributed by atoms with E-state index >= 15 is 0 Å². The van der Waals surface area contributed by atoms with Crippen LogP contribution >= 0.6 is 34.8 Å². The Morgan fingerprint density at radius 2 is 1.91 bits per heavy atom. The van der Waals surface area contributed by atoms with E-state index in [0.29, 0.717) is 5.56 Å². The topological polar surface area (TPSA) is 81.7 Å². The molecule has 1 aliphatic heterocycles. The second-order valence-corrected chi connectivity index (χ2v) is 8.48. The van der Waals surface area contributed by atoms with Gasteiger partial charge in [0.1, 0.15) is 12.7 Å².